The van der Waals surface area contributed by atoms with Gasteiger partial charge in [-0.1, -0.05) is 12.1 Å². The van der Waals surface area contributed by atoms with Crippen LogP contribution in [0.1, 0.15) is 22.6 Å². The molecule has 0 spiro atoms. The van der Waals surface area contributed by atoms with Crippen LogP contribution in [0.3, 0.4) is 0 Å². The van der Waals surface area contributed by atoms with Gasteiger partial charge in [-0.25, -0.2) is 14.8 Å². The Morgan fingerprint density at radius 3 is 2.69 bits per heavy atom. The molecule has 0 amide bonds. The summed E-state index contributed by atoms with van der Waals surface area (Å²) in [6.07, 6.45) is 3.52. The molecule has 0 atom stereocenters. The minimum Gasteiger partial charge on any atom is -0.390 e. The highest BCUT2D eigenvalue weighted by molar-refractivity contribution is 5.76. The van der Waals surface area contributed by atoms with Gasteiger partial charge in [0.15, 0.2) is 5.65 Å². The summed E-state index contributed by atoms with van der Waals surface area (Å²) in [7, 11) is 0. The van der Waals surface area contributed by atoms with E-state index in [4.69, 9.17) is 9.68 Å². The smallest absolute Gasteiger partial charge is 0.390 e. The predicted octanol–water partition coefficient (Wildman–Crippen LogP) is 1.41. The number of pyridine rings is 1. The van der Waals surface area contributed by atoms with E-state index >= 15 is 0 Å². The molecular formula is C20H16N6O3. The SMILES string of the molecule is Cc1ccnc2ncn(Cc3nn(CCc4ccc(C#N)cc4)c(=O)o3)c(=O)c12. The molecular weight excluding hydrogens is 372 g/mol. The largest absolute Gasteiger partial charge is 0.437 e. The number of benzene rings is 1. The fraction of sp³-hybridized carbons (Fsp3) is 0.200. The van der Waals surface area contributed by atoms with Gasteiger partial charge in [-0.15, -0.1) is 5.10 Å². The van der Waals surface area contributed by atoms with E-state index in [1.165, 1.54) is 15.6 Å². The van der Waals surface area contributed by atoms with E-state index in [1.807, 2.05) is 19.1 Å². The Morgan fingerprint density at radius 2 is 1.93 bits per heavy atom. The summed E-state index contributed by atoms with van der Waals surface area (Å²) in [6.45, 7) is 2.13. The topological polar surface area (TPSA) is 120 Å². The third-order valence-electron chi connectivity index (χ3n) is 4.58. The van der Waals surface area contributed by atoms with Crippen LogP contribution in [0.5, 0.6) is 0 Å². The van der Waals surface area contributed by atoms with Crippen molar-refractivity contribution in [3.8, 4) is 6.07 Å². The van der Waals surface area contributed by atoms with Crippen LogP contribution >= 0.6 is 0 Å². The number of nitrogens with zero attached hydrogens (tertiary/aromatic N) is 6. The highest BCUT2D eigenvalue weighted by atomic mass is 16.4. The van der Waals surface area contributed by atoms with Crippen molar-refractivity contribution in [2.45, 2.75) is 26.4 Å². The quantitative estimate of drug-likeness (QED) is 0.507. The standard InChI is InChI=1S/C20H16N6O3/c1-13-6-8-22-18-17(13)19(27)25(12-23-18)11-16-24-26(20(28)29-16)9-7-14-2-4-15(10-21)5-3-14/h2-6,8,12H,7,9,11H2,1H3. The van der Waals surface area contributed by atoms with Crippen LogP contribution < -0.4 is 11.3 Å². The molecule has 0 aliphatic heterocycles. The van der Waals surface area contributed by atoms with Crippen molar-refractivity contribution in [1.82, 2.24) is 24.3 Å². The first-order chi connectivity index (χ1) is 14.0. The van der Waals surface area contributed by atoms with Gasteiger partial charge in [0.1, 0.15) is 12.9 Å². The lowest BCUT2D eigenvalue weighted by molar-refractivity contribution is 0.434. The minimum absolute atomic E-state index is 0.00475. The highest BCUT2D eigenvalue weighted by Crippen LogP contribution is 2.09. The van der Waals surface area contributed by atoms with Crippen LogP contribution in [0.25, 0.3) is 11.0 Å². The van der Waals surface area contributed by atoms with Gasteiger partial charge < -0.3 is 4.42 Å². The molecule has 4 rings (SSSR count). The third kappa shape index (κ3) is 3.68. The molecule has 0 saturated heterocycles. The maximum absolute atomic E-state index is 12.7. The molecule has 3 aromatic heterocycles. The molecule has 9 nitrogen and oxygen atoms in total. The molecule has 0 N–H and O–H groups in total. The molecule has 9 heteroatoms. The van der Waals surface area contributed by atoms with Gasteiger partial charge in [0.25, 0.3) is 5.56 Å². The Kier molecular flexibility index (Phi) is 4.75. The maximum atomic E-state index is 12.7. The maximum Gasteiger partial charge on any atom is 0.437 e. The van der Waals surface area contributed by atoms with E-state index < -0.39 is 5.76 Å². The second-order valence-corrected chi connectivity index (χ2v) is 6.55. The lowest BCUT2D eigenvalue weighted by Crippen LogP contribution is -2.22. The summed E-state index contributed by atoms with van der Waals surface area (Å²) < 4.78 is 7.75. The first-order valence-corrected chi connectivity index (χ1v) is 8.92. The molecule has 0 unspecified atom stereocenters. The van der Waals surface area contributed by atoms with Gasteiger partial charge in [0.2, 0.25) is 5.89 Å². The summed E-state index contributed by atoms with van der Waals surface area (Å²) in [5.41, 5.74) is 2.43. The molecule has 0 aliphatic carbocycles. The number of fused-ring (bicyclic) bond motifs is 1. The summed E-state index contributed by atoms with van der Waals surface area (Å²) in [6, 6.07) is 10.9. The van der Waals surface area contributed by atoms with E-state index in [-0.39, 0.29) is 18.0 Å². The van der Waals surface area contributed by atoms with E-state index in [9.17, 15) is 9.59 Å². The van der Waals surface area contributed by atoms with Crippen molar-refractivity contribution in [2.24, 2.45) is 0 Å². The second-order valence-electron chi connectivity index (χ2n) is 6.55. The van der Waals surface area contributed by atoms with Crippen LogP contribution in [0.2, 0.25) is 0 Å². The zero-order valence-electron chi connectivity index (χ0n) is 15.6. The molecule has 1 aromatic carbocycles. The Balaban J connectivity index is 1.54. The zero-order valence-corrected chi connectivity index (χ0v) is 15.6. The molecule has 0 fully saturated rings. The Labute approximate surface area is 164 Å². The van der Waals surface area contributed by atoms with E-state index in [1.54, 1.807) is 24.4 Å². The Hall–Kier alpha value is -4.06. The van der Waals surface area contributed by atoms with Crippen molar-refractivity contribution in [2.75, 3.05) is 0 Å². The first kappa shape index (κ1) is 18.3. The zero-order chi connectivity index (χ0) is 20.4. The molecule has 3 heterocycles. The lowest BCUT2D eigenvalue weighted by atomic mass is 10.1. The first-order valence-electron chi connectivity index (χ1n) is 8.92. The normalized spacial score (nSPS) is 10.9. The number of rotatable bonds is 5. The molecule has 0 bridgehead atoms. The average Bonchev–Trinajstić information content (AvgIpc) is 3.08. The van der Waals surface area contributed by atoms with E-state index in [0.29, 0.717) is 29.6 Å². The van der Waals surface area contributed by atoms with Crippen LogP contribution in [0.15, 0.2) is 56.9 Å². The van der Waals surface area contributed by atoms with Crippen molar-refractivity contribution >= 4 is 11.0 Å². The van der Waals surface area contributed by atoms with Crippen LogP contribution in [0, 0.1) is 18.3 Å². The summed E-state index contributed by atoms with van der Waals surface area (Å²) in [5.74, 6) is -0.465. The average molecular weight is 388 g/mol. The minimum atomic E-state index is -0.590. The third-order valence-corrected chi connectivity index (χ3v) is 4.58. The van der Waals surface area contributed by atoms with Crippen molar-refractivity contribution in [3.63, 3.8) is 0 Å². The lowest BCUT2D eigenvalue weighted by Gasteiger charge is -2.05. The summed E-state index contributed by atoms with van der Waals surface area (Å²) in [4.78, 5) is 33.1. The van der Waals surface area contributed by atoms with E-state index in [0.717, 1.165) is 11.1 Å². The highest BCUT2D eigenvalue weighted by Gasteiger charge is 2.12. The molecule has 0 radical (unpaired) electrons. The van der Waals surface area contributed by atoms with Crippen molar-refractivity contribution in [1.29, 1.82) is 5.26 Å². The Bertz CT molecular complexity index is 1340. The number of hydrogen-bond acceptors (Lipinski definition) is 7. The molecule has 0 aliphatic rings. The summed E-state index contributed by atoms with van der Waals surface area (Å²) >= 11 is 0. The van der Waals surface area contributed by atoms with Crippen molar-refractivity contribution in [3.05, 3.63) is 86.3 Å². The van der Waals surface area contributed by atoms with Gasteiger partial charge in [-0.05, 0) is 42.7 Å². The predicted molar refractivity (Wildman–Crippen MR) is 103 cm³/mol. The fourth-order valence-corrected chi connectivity index (χ4v) is 3.02. The number of hydrogen-bond donors (Lipinski definition) is 0. The Morgan fingerprint density at radius 1 is 1.14 bits per heavy atom. The van der Waals surface area contributed by atoms with Gasteiger partial charge in [0.05, 0.1) is 23.6 Å². The van der Waals surface area contributed by atoms with Crippen LogP contribution in [-0.4, -0.2) is 24.3 Å². The summed E-state index contributed by atoms with van der Waals surface area (Å²) in [5, 5.41) is 13.4. The number of nitriles is 1. The number of aryl methyl sites for hydroxylation is 3. The van der Waals surface area contributed by atoms with Gasteiger partial charge >= 0.3 is 5.76 Å². The van der Waals surface area contributed by atoms with Gasteiger partial charge in [-0.3, -0.25) is 9.36 Å². The molecule has 29 heavy (non-hydrogen) atoms. The number of aromatic nitrogens is 5. The van der Waals surface area contributed by atoms with Crippen LogP contribution in [0.4, 0.5) is 0 Å². The molecule has 144 valence electrons. The van der Waals surface area contributed by atoms with Gasteiger partial charge in [0, 0.05) is 6.20 Å². The molecule has 4 aromatic rings. The fourth-order valence-electron chi connectivity index (χ4n) is 3.02. The van der Waals surface area contributed by atoms with Crippen molar-refractivity contribution < 1.29 is 4.42 Å². The van der Waals surface area contributed by atoms with Crippen LogP contribution in [-0.2, 0) is 19.5 Å². The molecule has 0 saturated carbocycles. The monoisotopic (exact) mass is 388 g/mol. The van der Waals surface area contributed by atoms with Gasteiger partial charge in [-0.2, -0.15) is 9.94 Å². The second kappa shape index (κ2) is 7.52. The van der Waals surface area contributed by atoms with E-state index in [2.05, 4.69) is 21.1 Å².